The molecular weight excluding hydrogens is 272 g/mol. The molecule has 0 saturated heterocycles. The Hall–Kier alpha value is -1.95. The lowest BCUT2D eigenvalue weighted by molar-refractivity contribution is -0.570. The van der Waals surface area contributed by atoms with Crippen LogP contribution in [0.25, 0.3) is 0 Å². The molecule has 6 nitrogen and oxygen atoms in total. The average molecular weight is 283 g/mol. The van der Waals surface area contributed by atoms with E-state index in [1.54, 1.807) is 13.0 Å². The van der Waals surface area contributed by atoms with Gasteiger partial charge in [0.1, 0.15) is 11.7 Å². The number of pyridine rings is 1. The van der Waals surface area contributed by atoms with Gasteiger partial charge in [-0.05, 0) is 25.5 Å². The van der Waals surface area contributed by atoms with Crippen molar-refractivity contribution in [1.29, 1.82) is 0 Å². The summed E-state index contributed by atoms with van der Waals surface area (Å²) in [5.41, 5.74) is 0.794. The standard InChI is InChI=1S/C12H11ClN2O4/c1-6(16)10-7(2)19-12(15(17)18)11(10)8-3-9(13)5-14-4-8/h3-5,11-12H,1-2H3. The molecule has 0 N–H and O–H groups in total. The first-order valence-corrected chi connectivity index (χ1v) is 5.92. The van der Waals surface area contributed by atoms with Crippen LogP contribution in [0.3, 0.4) is 0 Å². The number of hydrogen-bond acceptors (Lipinski definition) is 5. The van der Waals surface area contributed by atoms with Crippen LogP contribution >= 0.6 is 11.6 Å². The molecule has 0 aromatic carbocycles. The number of halogens is 1. The number of rotatable bonds is 3. The van der Waals surface area contributed by atoms with E-state index in [2.05, 4.69) is 4.98 Å². The summed E-state index contributed by atoms with van der Waals surface area (Å²) in [7, 11) is 0. The summed E-state index contributed by atoms with van der Waals surface area (Å²) in [4.78, 5) is 26.1. The van der Waals surface area contributed by atoms with Crippen molar-refractivity contribution in [2.45, 2.75) is 26.0 Å². The number of nitrogens with zero attached hydrogens (tertiary/aromatic N) is 2. The molecule has 19 heavy (non-hydrogen) atoms. The van der Waals surface area contributed by atoms with Crippen LogP contribution in [-0.4, -0.2) is 21.9 Å². The summed E-state index contributed by atoms with van der Waals surface area (Å²) in [6.45, 7) is 2.90. The van der Waals surface area contributed by atoms with Crippen LogP contribution in [-0.2, 0) is 9.53 Å². The van der Waals surface area contributed by atoms with Crippen molar-refractivity contribution in [3.05, 3.63) is 50.5 Å². The van der Waals surface area contributed by atoms with Crippen molar-refractivity contribution < 1.29 is 14.5 Å². The van der Waals surface area contributed by atoms with Gasteiger partial charge < -0.3 is 4.74 Å². The Labute approximate surface area is 114 Å². The first kappa shape index (κ1) is 13.5. The summed E-state index contributed by atoms with van der Waals surface area (Å²) in [6, 6.07) is 1.56. The normalized spacial score (nSPS) is 22.3. The monoisotopic (exact) mass is 282 g/mol. The SMILES string of the molecule is CC(=O)C1=C(C)OC([N+](=O)[O-])C1c1cncc(Cl)c1. The highest BCUT2D eigenvalue weighted by atomic mass is 35.5. The van der Waals surface area contributed by atoms with Crippen LogP contribution in [0.4, 0.5) is 0 Å². The molecule has 2 unspecified atom stereocenters. The van der Waals surface area contributed by atoms with E-state index >= 15 is 0 Å². The van der Waals surface area contributed by atoms with Crippen molar-refractivity contribution in [3.63, 3.8) is 0 Å². The maximum Gasteiger partial charge on any atom is 0.364 e. The van der Waals surface area contributed by atoms with Gasteiger partial charge in [0, 0.05) is 12.4 Å². The van der Waals surface area contributed by atoms with E-state index in [0.29, 0.717) is 16.2 Å². The second-order valence-corrected chi connectivity index (χ2v) is 4.67. The molecule has 0 saturated carbocycles. The molecule has 2 atom stereocenters. The Morgan fingerprint density at radius 1 is 1.53 bits per heavy atom. The quantitative estimate of drug-likeness (QED) is 0.627. The summed E-state index contributed by atoms with van der Waals surface area (Å²) < 4.78 is 5.19. The highest BCUT2D eigenvalue weighted by molar-refractivity contribution is 6.30. The van der Waals surface area contributed by atoms with Gasteiger partial charge in [-0.15, -0.1) is 0 Å². The zero-order valence-electron chi connectivity index (χ0n) is 10.3. The Kier molecular flexibility index (Phi) is 3.53. The fourth-order valence-corrected chi connectivity index (χ4v) is 2.42. The van der Waals surface area contributed by atoms with Crippen molar-refractivity contribution >= 4 is 17.4 Å². The average Bonchev–Trinajstić information content (AvgIpc) is 2.67. The number of ether oxygens (including phenoxy) is 1. The fourth-order valence-electron chi connectivity index (χ4n) is 2.24. The van der Waals surface area contributed by atoms with E-state index in [0.717, 1.165) is 0 Å². The number of Topliss-reactive ketones (excluding diaryl/α,β-unsaturated/α-hetero) is 1. The molecule has 0 spiro atoms. The van der Waals surface area contributed by atoms with Crippen molar-refractivity contribution in [1.82, 2.24) is 4.98 Å². The molecular formula is C12H11ClN2O4. The van der Waals surface area contributed by atoms with E-state index in [4.69, 9.17) is 16.3 Å². The van der Waals surface area contributed by atoms with Gasteiger partial charge in [-0.1, -0.05) is 11.6 Å². The van der Waals surface area contributed by atoms with Gasteiger partial charge in [-0.3, -0.25) is 19.9 Å². The van der Waals surface area contributed by atoms with Crippen LogP contribution in [0.5, 0.6) is 0 Å². The van der Waals surface area contributed by atoms with Crippen molar-refractivity contribution in [2.75, 3.05) is 0 Å². The van der Waals surface area contributed by atoms with E-state index in [9.17, 15) is 14.9 Å². The number of aromatic nitrogens is 1. The third-order valence-electron chi connectivity index (χ3n) is 2.95. The summed E-state index contributed by atoms with van der Waals surface area (Å²) in [5.74, 6) is -0.760. The van der Waals surface area contributed by atoms with Crippen LogP contribution in [0, 0.1) is 10.1 Å². The first-order chi connectivity index (χ1) is 8.91. The maximum absolute atomic E-state index is 11.7. The Balaban J connectivity index is 2.53. The van der Waals surface area contributed by atoms with Gasteiger partial charge in [-0.2, -0.15) is 0 Å². The molecule has 2 rings (SSSR count). The lowest BCUT2D eigenvalue weighted by atomic mass is 9.89. The minimum absolute atomic E-state index is 0.258. The largest absolute Gasteiger partial charge is 0.434 e. The minimum Gasteiger partial charge on any atom is -0.434 e. The molecule has 2 heterocycles. The number of ketones is 1. The summed E-state index contributed by atoms with van der Waals surface area (Å²) in [6.07, 6.45) is 1.56. The molecule has 0 fully saturated rings. The molecule has 1 aliphatic rings. The van der Waals surface area contributed by atoms with Gasteiger partial charge in [0.05, 0.1) is 15.5 Å². The van der Waals surface area contributed by atoms with E-state index in [1.807, 2.05) is 0 Å². The lowest BCUT2D eigenvalue weighted by Crippen LogP contribution is -2.27. The van der Waals surface area contributed by atoms with E-state index < -0.39 is 17.1 Å². The zero-order chi connectivity index (χ0) is 14.2. The first-order valence-electron chi connectivity index (χ1n) is 5.54. The highest BCUT2D eigenvalue weighted by Gasteiger charge is 2.46. The third-order valence-corrected chi connectivity index (χ3v) is 3.15. The van der Waals surface area contributed by atoms with Crippen LogP contribution in [0.1, 0.15) is 25.3 Å². The molecule has 7 heteroatoms. The molecule has 0 amide bonds. The molecule has 100 valence electrons. The molecule has 1 aromatic rings. The molecule has 1 aromatic heterocycles. The fraction of sp³-hybridized carbons (Fsp3) is 0.333. The van der Waals surface area contributed by atoms with Gasteiger partial charge in [0.2, 0.25) is 0 Å². The number of allylic oxidation sites excluding steroid dienone is 1. The molecule has 0 bridgehead atoms. The maximum atomic E-state index is 11.7. The topological polar surface area (TPSA) is 82.3 Å². The van der Waals surface area contributed by atoms with Crippen molar-refractivity contribution in [2.24, 2.45) is 0 Å². The van der Waals surface area contributed by atoms with Gasteiger partial charge in [0.15, 0.2) is 5.78 Å². The van der Waals surface area contributed by atoms with Gasteiger partial charge in [-0.25, -0.2) is 0 Å². The number of hydrogen-bond donors (Lipinski definition) is 0. The van der Waals surface area contributed by atoms with Crippen LogP contribution in [0.15, 0.2) is 29.8 Å². The number of carbonyl (C=O) groups excluding carboxylic acids is 1. The second kappa shape index (κ2) is 4.97. The highest BCUT2D eigenvalue weighted by Crippen LogP contribution is 2.39. The Morgan fingerprint density at radius 2 is 2.21 bits per heavy atom. The lowest BCUT2D eigenvalue weighted by Gasteiger charge is -2.14. The van der Waals surface area contributed by atoms with Crippen LogP contribution in [0.2, 0.25) is 5.02 Å². The predicted molar refractivity (Wildman–Crippen MR) is 67.2 cm³/mol. The van der Waals surface area contributed by atoms with E-state index in [-0.39, 0.29) is 11.5 Å². The minimum atomic E-state index is -1.32. The van der Waals surface area contributed by atoms with Crippen molar-refractivity contribution in [3.8, 4) is 0 Å². The summed E-state index contributed by atoms with van der Waals surface area (Å²) >= 11 is 5.84. The number of carbonyl (C=O) groups is 1. The molecule has 0 radical (unpaired) electrons. The van der Waals surface area contributed by atoms with Gasteiger partial charge >= 0.3 is 6.23 Å². The van der Waals surface area contributed by atoms with Crippen LogP contribution < -0.4 is 0 Å². The van der Waals surface area contributed by atoms with Gasteiger partial charge in [0.25, 0.3) is 0 Å². The summed E-state index contributed by atoms with van der Waals surface area (Å²) in [5, 5.41) is 11.4. The molecule has 1 aliphatic heterocycles. The Bertz CT molecular complexity index is 585. The smallest absolute Gasteiger partial charge is 0.364 e. The zero-order valence-corrected chi connectivity index (χ0v) is 11.0. The Morgan fingerprint density at radius 3 is 2.74 bits per heavy atom. The molecule has 0 aliphatic carbocycles. The predicted octanol–water partition coefficient (Wildman–Crippen LogP) is 2.31. The number of nitro groups is 1. The third kappa shape index (κ3) is 2.44. The second-order valence-electron chi connectivity index (χ2n) is 4.23. The van der Waals surface area contributed by atoms with E-state index in [1.165, 1.54) is 19.3 Å².